The Morgan fingerprint density at radius 3 is 2.58 bits per heavy atom. The van der Waals surface area contributed by atoms with Crippen LogP contribution in [0.15, 0.2) is 41.8 Å². The van der Waals surface area contributed by atoms with Gasteiger partial charge in [-0.3, -0.25) is 4.79 Å². The van der Waals surface area contributed by atoms with E-state index in [4.69, 9.17) is 4.74 Å². The summed E-state index contributed by atoms with van der Waals surface area (Å²) in [5.74, 6) is 0.699. The summed E-state index contributed by atoms with van der Waals surface area (Å²) in [5, 5.41) is 5.08. The van der Waals surface area contributed by atoms with Crippen molar-refractivity contribution >= 4 is 17.2 Å². The minimum absolute atomic E-state index is 0.0529. The van der Waals surface area contributed by atoms with Crippen molar-refractivity contribution in [1.82, 2.24) is 5.32 Å². The Bertz CT molecular complexity index is 520. The van der Waals surface area contributed by atoms with Crippen molar-refractivity contribution in [2.75, 3.05) is 7.11 Å². The van der Waals surface area contributed by atoms with Crippen LogP contribution >= 0.6 is 11.3 Å². The van der Waals surface area contributed by atoms with E-state index in [2.05, 4.69) is 12.2 Å². The minimum Gasteiger partial charge on any atom is -0.497 e. The number of methoxy groups -OCH3 is 1. The summed E-state index contributed by atoms with van der Waals surface area (Å²) in [4.78, 5) is 13.3. The molecule has 2 aromatic rings. The Kier molecular flexibility index (Phi) is 4.58. The van der Waals surface area contributed by atoms with Crippen molar-refractivity contribution < 1.29 is 9.53 Å². The molecule has 1 heterocycles. The minimum atomic E-state index is -0.0529. The summed E-state index contributed by atoms with van der Waals surface area (Å²) in [6.45, 7) is 2.07. The average molecular weight is 275 g/mol. The molecule has 1 aromatic carbocycles. The lowest BCUT2D eigenvalue weighted by atomic mass is 10.1. The molecule has 0 saturated carbocycles. The van der Waals surface area contributed by atoms with Gasteiger partial charge in [0.2, 0.25) is 0 Å². The van der Waals surface area contributed by atoms with Gasteiger partial charge in [0.25, 0.3) is 5.91 Å². The fourth-order valence-corrected chi connectivity index (χ4v) is 2.71. The predicted molar refractivity (Wildman–Crippen MR) is 77.8 cm³/mol. The van der Waals surface area contributed by atoms with Gasteiger partial charge in [-0.05, 0) is 42.1 Å². The summed E-state index contributed by atoms with van der Waals surface area (Å²) in [7, 11) is 1.61. The normalized spacial score (nSPS) is 11.9. The van der Waals surface area contributed by atoms with Crippen molar-refractivity contribution in [3.8, 4) is 5.75 Å². The zero-order valence-corrected chi connectivity index (χ0v) is 11.9. The molecule has 100 valence electrons. The Morgan fingerprint density at radius 2 is 2.05 bits per heavy atom. The molecule has 0 radical (unpaired) electrons. The summed E-state index contributed by atoms with van der Waals surface area (Å²) in [6.07, 6.45) is 0.877. The monoisotopic (exact) mass is 275 g/mol. The molecule has 1 amide bonds. The molecular formula is C15H17NO2S. The largest absolute Gasteiger partial charge is 0.497 e. The molecule has 1 atom stereocenters. The topological polar surface area (TPSA) is 38.3 Å². The second-order valence-corrected chi connectivity index (χ2v) is 5.16. The van der Waals surface area contributed by atoms with Crippen molar-refractivity contribution in [3.63, 3.8) is 0 Å². The third-order valence-corrected chi connectivity index (χ3v) is 3.94. The van der Waals surface area contributed by atoms with E-state index in [1.807, 2.05) is 17.5 Å². The molecule has 0 aliphatic carbocycles. The van der Waals surface area contributed by atoms with Gasteiger partial charge in [0.1, 0.15) is 5.75 Å². The molecule has 1 aromatic heterocycles. The molecular weight excluding hydrogens is 258 g/mol. The molecule has 0 saturated heterocycles. The van der Waals surface area contributed by atoms with E-state index in [9.17, 15) is 4.79 Å². The Balaban J connectivity index is 2.06. The van der Waals surface area contributed by atoms with Gasteiger partial charge >= 0.3 is 0 Å². The first kappa shape index (κ1) is 13.6. The van der Waals surface area contributed by atoms with Crippen molar-refractivity contribution in [3.05, 3.63) is 52.2 Å². The SMILES string of the molecule is CC[C@H](NC(=O)c1ccc(OC)cc1)c1cccs1. The fourth-order valence-electron chi connectivity index (χ4n) is 1.85. The molecule has 3 nitrogen and oxygen atoms in total. The maximum Gasteiger partial charge on any atom is 0.251 e. The Labute approximate surface area is 117 Å². The third-order valence-electron chi connectivity index (χ3n) is 2.95. The molecule has 0 spiro atoms. The molecule has 19 heavy (non-hydrogen) atoms. The van der Waals surface area contributed by atoms with E-state index in [1.54, 1.807) is 42.7 Å². The number of thiophene rings is 1. The molecule has 0 fully saturated rings. The van der Waals surface area contributed by atoms with Gasteiger partial charge in [-0.25, -0.2) is 0 Å². The highest BCUT2D eigenvalue weighted by atomic mass is 32.1. The number of rotatable bonds is 5. The number of ether oxygens (including phenoxy) is 1. The van der Waals surface area contributed by atoms with Crippen LogP contribution in [-0.2, 0) is 0 Å². The van der Waals surface area contributed by atoms with Crippen molar-refractivity contribution in [2.24, 2.45) is 0 Å². The molecule has 2 rings (SSSR count). The lowest BCUT2D eigenvalue weighted by Gasteiger charge is -2.15. The molecule has 0 unspecified atom stereocenters. The van der Waals surface area contributed by atoms with Gasteiger partial charge in [0.05, 0.1) is 13.2 Å². The lowest BCUT2D eigenvalue weighted by Crippen LogP contribution is -2.27. The van der Waals surface area contributed by atoms with Crippen LogP contribution in [0.3, 0.4) is 0 Å². The van der Waals surface area contributed by atoms with Gasteiger partial charge in [0.15, 0.2) is 0 Å². The summed E-state index contributed by atoms with van der Waals surface area (Å²) in [6, 6.07) is 11.3. The first-order valence-corrected chi connectivity index (χ1v) is 7.11. The van der Waals surface area contributed by atoms with Gasteiger partial charge in [-0.15, -0.1) is 11.3 Å². The highest BCUT2D eigenvalue weighted by molar-refractivity contribution is 7.10. The van der Waals surface area contributed by atoms with Crippen LogP contribution in [0.1, 0.15) is 34.6 Å². The maximum atomic E-state index is 12.2. The Morgan fingerprint density at radius 1 is 1.32 bits per heavy atom. The van der Waals surface area contributed by atoms with Crippen molar-refractivity contribution in [1.29, 1.82) is 0 Å². The van der Waals surface area contributed by atoms with Crippen LogP contribution in [0.4, 0.5) is 0 Å². The quantitative estimate of drug-likeness (QED) is 0.904. The van der Waals surface area contributed by atoms with Gasteiger partial charge in [-0.1, -0.05) is 13.0 Å². The zero-order valence-electron chi connectivity index (χ0n) is 11.1. The van der Waals surface area contributed by atoms with Crippen LogP contribution in [-0.4, -0.2) is 13.0 Å². The van der Waals surface area contributed by atoms with E-state index < -0.39 is 0 Å². The number of benzene rings is 1. The fraction of sp³-hybridized carbons (Fsp3) is 0.267. The number of nitrogens with one attached hydrogen (secondary N) is 1. The number of carbonyl (C=O) groups excluding carboxylic acids is 1. The van der Waals surface area contributed by atoms with E-state index in [1.165, 1.54) is 4.88 Å². The molecule has 1 N–H and O–H groups in total. The summed E-state index contributed by atoms with van der Waals surface area (Å²) < 4.78 is 5.08. The molecule has 0 bridgehead atoms. The first-order chi connectivity index (χ1) is 9.24. The second-order valence-electron chi connectivity index (χ2n) is 4.18. The Hall–Kier alpha value is -1.81. The highest BCUT2D eigenvalue weighted by Crippen LogP contribution is 2.22. The van der Waals surface area contributed by atoms with E-state index in [0.717, 1.165) is 12.2 Å². The van der Waals surface area contributed by atoms with Crippen LogP contribution < -0.4 is 10.1 Å². The van der Waals surface area contributed by atoms with E-state index >= 15 is 0 Å². The standard InChI is InChI=1S/C15H17NO2S/c1-3-13(14-5-4-10-19-14)16-15(17)11-6-8-12(18-2)9-7-11/h4-10,13H,3H2,1-2H3,(H,16,17)/t13-/m0/s1. The maximum absolute atomic E-state index is 12.2. The zero-order chi connectivity index (χ0) is 13.7. The third kappa shape index (κ3) is 3.35. The van der Waals surface area contributed by atoms with Gasteiger partial charge in [0, 0.05) is 10.4 Å². The first-order valence-electron chi connectivity index (χ1n) is 6.23. The predicted octanol–water partition coefficient (Wildman–Crippen LogP) is 3.64. The number of hydrogen-bond donors (Lipinski definition) is 1. The highest BCUT2D eigenvalue weighted by Gasteiger charge is 2.14. The van der Waals surface area contributed by atoms with Crippen LogP contribution in [0, 0.1) is 0 Å². The number of carbonyl (C=O) groups is 1. The molecule has 4 heteroatoms. The van der Waals surface area contributed by atoms with Gasteiger partial charge < -0.3 is 10.1 Å². The number of hydrogen-bond acceptors (Lipinski definition) is 3. The van der Waals surface area contributed by atoms with Crippen LogP contribution in [0.2, 0.25) is 0 Å². The molecule has 0 aliphatic heterocycles. The smallest absolute Gasteiger partial charge is 0.251 e. The van der Waals surface area contributed by atoms with E-state index in [0.29, 0.717) is 5.56 Å². The second kappa shape index (κ2) is 6.38. The molecule has 0 aliphatic rings. The van der Waals surface area contributed by atoms with E-state index in [-0.39, 0.29) is 11.9 Å². The van der Waals surface area contributed by atoms with Crippen LogP contribution in [0.5, 0.6) is 5.75 Å². The lowest BCUT2D eigenvalue weighted by molar-refractivity contribution is 0.0936. The average Bonchev–Trinajstić information content (AvgIpc) is 2.98. The van der Waals surface area contributed by atoms with Crippen LogP contribution in [0.25, 0.3) is 0 Å². The number of amides is 1. The van der Waals surface area contributed by atoms with Crippen molar-refractivity contribution in [2.45, 2.75) is 19.4 Å². The summed E-state index contributed by atoms with van der Waals surface area (Å²) >= 11 is 1.66. The van der Waals surface area contributed by atoms with Gasteiger partial charge in [-0.2, -0.15) is 0 Å². The summed E-state index contributed by atoms with van der Waals surface area (Å²) in [5.41, 5.74) is 0.649.